The van der Waals surface area contributed by atoms with Gasteiger partial charge in [0.15, 0.2) is 0 Å². The van der Waals surface area contributed by atoms with Crippen LogP contribution in [0.5, 0.6) is 0 Å². The molecule has 1 saturated carbocycles. The van der Waals surface area contributed by atoms with E-state index >= 15 is 0 Å². The molecular formula is C10H18O. The first-order chi connectivity index (χ1) is 5.07. The largest absolute Gasteiger partial charge is 0.299 e. The van der Waals surface area contributed by atoms with E-state index in [1.807, 2.05) is 0 Å². The zero-order valence-electron chi connectivity index (χ0n) is 7.81. The van der Waals surface area contributed by atoms with Crippen molar-refractivity contribution in [1.29, 1.82) is 0 Å². The molecule has 0 amide bonds. The summed E-state index contributed by atoms with van der Waals surface area (Å²) in [7, 11) is 0. The van der Waals surface area contributed by atoms with Crippen LogP contribution in [0.3, 0.4) is 0 Å². The summed E-state index contributed by atoms with van der Waals surface area (Å²) < 4.78 is 0. The lowest BCUT2D eigenvalue weighted by Crippen LogP contribution is -2.35. The second kappa shape index (κ2) is 2.96. The quantitative estimate of drug-likeness (QED) is 0.567. The molecule has 0 bridgehead atoms. The monoisotopic (exact) mass is 154 g/mol. The van der Waals surface area contributed by atoms with Crippen LogP contribution in [0.25, 0.3) is 0 Å². The van der Waals surface area contributed by atoms with Gasteiger partial charge in [-0.2, -0.15) is 0 Å². The number of Topliss-reactive ketones (excluding diaryl/α,β-unsaturated/α-hetero) is 1. The zero-order chi connectivity index (χ0) is 8.48. The van der Waals surface area contributed by atoms with Crippen LogP contribution in [0.15, 0.2) is 0 Å². The lowest BCUT2D eigenvalue weighted by molar-refractivity contribution is -0.130. The summed E-state index contributed by atoms with van der Waals surface area (Å²) >= 11 is 0. The third-order valence-corrected chi connectivity index (χ3v) is 3.48. The molecule has 1 aliphatic rings. The Morgan fingerprint density at radius 2 is 2.09 bits per heavy atom. The van der Waals surface area contributed by atoms with Crippen molar-refractivity contribution in [1.82, 2.24) is 0 Å². The molecule has 0 spiro atoms. The van der Waals surface area contributed by atoms with Crippen molar-refractivity contribution in [3.05, 3.63) is 0 Å². The molecule has 0 heterocycles. The minimum absolute atomic E-state index is 0.00174. The Balaban J connectivity index is 2.72. The number of rotatable bonds is 1. The molecule has 11 heavy (non-hydrogen) atoms. The highest BCUT2D eigenvalue weighted by Gasteiger charge is 2.37. The fourth-order valence-electron chi connectivity index (χ4n) is 2.03. The molecule has 1 nitrogen and oxygen atoms in total. The molecule has 1 aliphatic carbocycles. The van der Waals surface area contributed by atoms with Gasteiger partial charge in [-0.05, 0) is 25.7 Å². The van der Waals surface area contributed by atoms with Gasteiger partial charge in [0.05, 0.1) is 0 Å². The van der Waals surface area contributed by atoms with Gasteiger partial charge in [0.2, 0.25) is 0 Å². The summed E-state index contributed by atoms with van der Waals surface area (Å²) in [5, 5.41) is 0. The van der Waals surface area contributed by atoms with E-state index in [0.717, 1.165) is 6.42 Å². The average molecular weight is 154 g/mol. The molecule has 2 atom stereocenters. The van der Waals surface area contributed by atoms with E-state index in [0.29, 0.717) is 11.7 Å². The predicted molar refractivity (Wildman–Crippen MR) is 46.4 cm³/mol. The third kappa shape index (κ3) is 1.47. The van der Waals surface area contributed by atoms with Crippen LogP contribution in [0.1, 0.15) is 46.5 Å². The highest BCUT2D eigenvalue weighted by molar-refractivity contribution is 5.82. The molecule has 0 radical (unpaired) electrons. The Morgan fingerprint density at radius 1 is 1.45 bits per heavy atom. The molecule has 1 fully saturated rings. The van der Waals surface area contributed by atoms with Crippen molar-refractivity contribution in [2.45, 2.75) is 46.5 Å². The molecule has 0 saturated heterocycles. The predicted octanol–water partition coefficient (Wildman–Crippen LogP) is 2.79. The van der Waals surface area contributed by atoms with Gasteiger partial charge in [-0.15, -0.1) is 0 Å². The van der Waals surface area contributed by atoms with Crippen LogP contribution in [0.4, 0.5) is 0 Å². The Morgan fingerprint density at radius 3 is 2.45 bits per heavy atom. The van der Waals surface area contributed by atoms with Gasteiger partial charge in [0.1, 0.15) is 5.78 Å². The molecule has 0 aliphatic heterocycles. The number of ketones is 1. The van der Waals surface area contributed by atoms with Gasteiger partial charge < -0.3 is 0 Å². The minimum atomic E-state index is -0.00174. The van der Waals surface area contributed by atoms with Crippen LogP contribution in [0.2, 0.25) is 0 Å². The van der Waals surface area contributed by atoms with E-state index in [-0.39, 0.29) is 5.41 Å². The molecule has 0 aromatic heterocycles. The first-order valence-corrected chi connectivity index (χ1v) is 4.58. The van der Waals surface area contributed by atoms with Crippen LogP contribution in [-0.2, 0) is 4.79 Å². The summed E-state index contributed by atoms with van der Waals surface area (Å²) in [5.41, 5.74) is -0.00174. The van der Waals surface area contributed by atoms with Crippen LogP contribution >= 0.6 is 0 Å². The van der Waals surface area contributed by atoms with Crippen molar-refractivity contribution in [3.63, 3.8) is 0 Å². The van der Waals surface area contributed by atoms with E-state index < -0.39 is 0 Å². The van der Waals surface area contributed by atoms with Crippen molar-refractivity contribution >= 4 is 5.78 Å². The Hall–Kier alpha value is -0.330. The van der Waals surface area contributed by atoms with Crippen LogP contribution < -0.4 is 0 Å². The second-order valence-electron chi connectivity index (χ2n) is 4.12. The van der Waals surface area contributed by atoms with E-state index in [1.165, 1.54) is 19.3 Å². The SMILES string of the molecule is CC(=O)C1(C)CCCCC1C. The minimum Gasteiger partial charge on any atom is -0.299 e. The number of hydrogen-bond donors (Lipinski definition) is 0. The second-order valence-corrected chi connectivity index (χ2v) is 4.12. The van der Waals surface area contributed by atoms with E-state index in [4.69, 9.17) is 0 Å². The number of carbonyl (C=O) groups is 1. The van der Waals surface area contributed by atoms with Crippen LogP contribution in [0, 0.1) is 11.3 Å². The maximum Gasteiger partial charge on any atom is 0.135 e. The van der Waals surface area contributed by atoms with Gasteiger partial charge in [0, 0.05) is 5.41 Å². The normalized spacial score (nSPS) is 38.6. The van der Waals surface area contributed by atoms with Gasteiger partial charge in [-0.25, -0.2) is 0 Å². The van der Waals surface area contributed by atoms with Crippen molar-refractivity contribution in [2.24, 2.45) is 11.3 Å². The lowest BCUT2D eigenvalue weighted by Gasteiger charge is -2.37. The molecule has 64 valence electrons. The van der Waals surface area contributed by atoms with Crippen molar-refractivity contribution < 1.29 is 4.79 Å². The molecule has 0 aromatic rings. The molecule has 2 unspecified atom stereocenters. The maximum absolute atomic E-state index is 11.3. The average Bonchev–Trinajstić information content (AvgIpc) is 1.95. The summed E-state index contributed by atoms with van der Waals surface area (Å²) in [6.45, 7) is 6.07. The van der Waals surface area contributed by atoms with E-state index in [9.17, 15) is 4.79 Å². The van der Waals surface area contributed by atoms with Gasteiger partial charge in [-0.1, -0.05) is 26.7 Å². The Labute approximate surface area is 69.2 Å². The summed E-state index contributed by atoms with van der Waals surface area (Å²) in [6, 6.07) is 0. The molecular weight excluding hydrogens is 136 g/mol. The molecule has 1 heteroatoms. The van der Waals surface area contributed by atoms with Gasteiger partial charge >= 0.3 is 0 Å². The van der Waals surface area contributed by atoms with Gasteiger partial charge in [0.25, 0.3) is 0 Å². The Bertz CT molecular complexity index is 162. The fraction of sp³-hybridized carbons (Fsp3) is 0.900. The lowest BCUT2D eigenvalue weighted by atomic mass is 9.66. The summed E-state index contributed by atoms with van der Waals surface area (Å²) in [5.74, 6) is 0.971. The first kappa shape index (κ1) is 8.76. The zero-order valence-corrected chi connectivity index (χ0v) is 7.81. The smallest absolute Gasteiger partial charge is 0.135 e. The highest BCUT2D eigenvalue weighted by Crippen LogP contribution is 2.41. The van der Waals surface area contributed by atoms with Gasteiger partial charge in [-0.3, -0.25) is 4.79 Å². The van der Waals surface area contributed by atoms with E-state index in [1.54, 1.807) is 6.92 Å². The number of hydrogen-bond acceptors (Lipinski definition) is 1. The Kier molecular flexibility index (Phi) is 2.36. The number of carbonyl (C=O) groups excluding carboxylic acids is 1. The fourth-order valence-corrected chi connectivity index (χ4v) is 2.03. The highest BCUT2D eigenvalue weighted by atomic mass is 16.1. The standard InChI is InChI=1S/C10H18O/c1-8-6-4-5-7-10(8,3)9(2)11/h8H,4-7H2,1-3H3. The first-order valence-electron chi connectivity index (χ1n) is 4.58. The molecule has 1 rings (SSSR count). The maximum atomic E-state index is 11.3. The third-order valence-electron chi connectivity index (χ3n) is 3.48. The molecule has 0 aromatic carbocycles. The topological polar surface area (TPSA) is 17.1 Å². The molecule has 0 N–H and O–H groups in total. The van der Waals surface area contributed by atoms with Crippen molar-refractivity contribution in [2.75, 3.05) is 0 Å². The summed E-state index contributed by atoms with van der Waals surface area (Å²) in [4.78, 5) is 11.3. The summed E-state index contributed by atoms with van der Waals surface area (Å²) in [6.07, 6.45) is 4.88. The van der Waals surface area contributed by atoms with E-state index in [2.05, 4.69) is 13.8 Å². The van der Waals surface area contributed by atoms with Crippen molar-refractivity contribution in [3.8, 4) is 0 Å². The van der Waals surface area contributed by atoms with Crippen LogP contribution in [-0.4, -0.2) is 5.78 Å².